The summed E-state index contributed by atoms with van der Waals surface area (Å²) in [5.41, 5.74) is -1.62. The predicted octanol–water partition coefficient (Wildman–Crippen LogP) is 1.62. The van der Waals surface area contributed by atoms with E-state index < -0.39 is 52.1 Å². The number of hydrogen-bond acceptors (Lipinski definition) is 7. The van der Waals surface area contributed by atoms with Crippen molar-refractivity contribution in [3.05, 3.63) is 62.8 Å². The van der Waals surface area contributed by atoms with Gasteiger partial charge in [0.15, 0.2) is 17.0 Å². The molecule has 3 N–H and O–H groups in total. The highest BCUT2D eigenvalue weighted by Gasteiger charge is 2.58. The predicted molar refractivity (Wildman–Crippen MR) is 126 cm³/mol. The molecule has 10 nitrogen and oxygen atoms in total. The van der Waals surface area contributed by atoms with Gasteiger partial charge < -0.3 is 29.8 Å². The molecule has 1 spiro atoms. The number of fused-ring (bicyclic) bond motifs is 5. The second-order valence-corrected chi connectivity index (χ2v) is 9.80. The molecular formula is C25H27FN4O6. The average Bonchev–Trinajstić information content (AvgIpc) is 3.05. The molecule has 3 aliphatic rings. The summed E-state index contributed by atoms with van der Waals surface area (Å²) in [5, 5.41) is 28.4. The van der Waals surface area contributed by atoms with Gasteiger partial charge in [0.25, 0.3) is 11.8 Å². The number of aliphatic hydroxyl groups excluding tert-OH is 1. The first-order chi connectivity index (χ1) is 17.0. The number of aliphatic hydroxyl groups is 1. The standard InChI is InChI=1S/C25H27FN4O6/c1-12-4-5-15(17(26)8-12)9-27-23(34)16-10-30-18-11-29(24(35)19(30)21(32)20(16)31)13(2)6-7-25(18)22(33)14(3)28-36-25/h4-5,8,10,13,18,22,32-33H,6-7,9,11H2,1-3H3,(H,27,34)/t13-,18+,22?,25-/m0/s1. The van der Waals surface area contributed by atoms with E-state index in [0.717, 1.165) is 5.56 Å². The van der Waals surface area contributed by atoms with E-state index >= 15 is 0 Å². The van der Waals surface area contributed by atoms with Crippen LogP contribution in [0.2, 0.25) is 0 Å². The number of oxime groups is 1. The van der Waals surface area contributed by atoms with Crippen LogP contribution in [-0.4, -0.2) is 61.5 Å². The Morgan fingerprint density at radius 1 is 1.33 bits per heavy atom. The Morgan fingerprint density at radius 3 is 2.75 bits per heavy atom. The van der Waals surface area contributed by atoms with Crippen LogP contribution in [0.15, 0.2) is 34.3 Å². The topological polar surface area (TPSA) is 133 Å². The molecule has 1 aromatic heterocycles. The van der Waals surface area contributed by atoms with Crippen molar-refractivity contribution in [1.82, 2.24) is 14.8 Å². The minimum atomic E-state index is -1.25. The molecule has 4 atom stereocenters. The first-order valence-corrected chi connectivity index (χ1v) is 11.8. The Kier molecular flexibility index (Phi) is 5.62. The Bertz CT molecular complexity index is 1370. The monoisotopic (exact) mass is 498 g/mol. The molecule has 1 unspecified atom stereocenters. The lowest BCUT2D eigenvalue weighted by Crippen LogP contribution is -2.56. The first-order valence-electron chi connectivity index (χ1n) is 11.8. The van der Waals surface area contributed by atoms with Crippen molar-refractivity contribution in [3.63, 3.8) is 0 Å². The van der Waals surface area contributed by atoms with Crippen molar-refractivity contribution >= 4 is 17.5 Å². The molecule has 0 radical (unpaired) electrons. The highest BCUT2D eigenvalue weighted by Crippen LogP contribution is 2.46. The van der Waals surface area contributed by atoms with Crippen LogP contribution >= 0.6 is 0 Å². The maximum atomic E-state index is 14.2. The highest BCUT2D eigenvalue weighted by atomic mass is 19.1. The summed E-state index contributed by atoms with van der Waals surface area (Å²) >= 11 is 0. The molecular weight excluding hydrogens is 471 g/mol. The molecule has 2 aromatic rings. The number of benzene rings is 1. The fourth-order valence-electron chi connectivity index (χ4n) is 5.36. The minimum absolute atomic E-state index is 0.130. The van der Waals surface area contributed by atoms with Crippen LogP contribution < -0.4 is 10.7 Å². The quantitative estimate of drug-likeness (QED) is 0.589. The molecule has 0 saturated carbocycles. The van der Waals surface area contributed by atoms with Gasteiger partial charge in [-0.3, -0.25) is 14.4 Å². The number of carbonyl (C=O) groups is 2. The van der Waals surface area contributed by atoms with Gasteiger partial charge in [0.05, 0.1) is 11.8 Å². The molecule has 1 fully saturated rings. The maximum Gasteiger partial charge on any atom is 0.274 e. The third-order valence-electron chi connectivity index (χ3n) is 7.54. The summed E-state index contributed by atoms with van der Waals surface area (Å²) in [6.07, 6.45) is 0.973. The Morgan fingerprint density at radius 2 is 2.08 bits per heavy atom. The summed E-state index contributed by atoms with van der Waals surface area (Å²) in [6.45, 7) is 5.17. The summed E-state index contributed by atoms with van der Waals surface area (Å²) in [6, 6.07) is 3.59. The van der Waals surface area contributed by atoms with Gasteiger partial charge in [-0.25, -0.2) is 4.39 Å². The van der Waals surface area contributed by atoms with Crippen molar-refractivity contribution in [3.8, 4) is 5.75 Å². The van der Waals surface area contributed by atoms with Gasteiger partial charge in [-0.05, 0) is 45.2 Å². The Hall–Kier alpha value is -3.73. The number of aromatic hydroxyl groups is 1. The first kappa shape index (κ1) is 24.0. The molecule has 1 aromatic carbocycles. The largest absolute Gasteiger partial charge is 0.503 e. The minimum Gasteiger partial charge on any atom is -0.503 e. The third kappa shape index (κ3) is 3.48. The van der Waals surface area contributed by atoms with Crippen LogP contribution in [0, 0.1) is 12.7 Å². The smallest absolute Gasteiger partial charge is 0.274 e. The fraction of sp³-hybridized carbons (Fsp3) is 0.440. The lowest BCUT2D eigenvalue weighted by Gasteiger charge is -2.43. The van der Waals surface area contributed by atoms with E-state index in [1.54, 1.807) is 19.9 Å². The van der Waals surface area contributed by atoms with Gasteiger partial charge in [-0.2, -0.15) is 0 Å². The van der Waals surface area contributed by atoms with Crippen molar-refractivity contribution in [1.29, 1.82) is 0 Å². The molecule has 11 heteroatoms. The zero-order valence-corrected chi connectivity index (χ0v) is 20.1. The fourth-order valence-corrected chi connectivity index (χ4v) is 5.36. The van der Waals surface area contributed by atoms with Crippen LogP contribution in [0.25, 0.3) is 0 Å². The lowest BCUT2D eigenvalue weighted by molar-refractivity contribution is -0.114. The molecule has 1 saturated heterocycles. The molecule has 36 heavy (non-hydrogen) atoms. The number of amides is 2. The number of rotatable bonds is 3. The number of halogens is 1. The van der Waals surface area contributed by atoms with E-state index in [-0.39, 0.29) is 30.4 Å². The van der Waals surface area contributed by atoms with Gasteiger partial charge in [0.2, 0.25) is 5.43 Å². The Labute approximate surface area is 206 Å². The molecule has 5 rings (SSSR count). The van der Waals surface area contributed by atoms with Crippen molar-refractivity contribution in [2.24, 2.45) is 5.16 Å². The molecule has 2 bridgehead atoms. The normalized spacial score (nSPS) is 26.8. The zero-order chi connectivity index (χ0) is 25.9. The Balaban J connectivity index is 1.57. The van der Waals surface area contributed by atoms with Gasteiger partial charge in [-0.15, -0.1) is 0 Å². The molecule has 0 aliphatic carbocycles. The SMILES string of the molecule is CC1=NO[C@]2(CC[C@H](C)N3C[C@H]2n2cc(C(=O)NCc4ccc(C)cc4F)c(=O)c(O)c2C3=O)C1O. The van der Waals surface area contributed by atoms with Crippen molar-refractivity contribution < 1.29 is 29.0 Å². The highest BCUT2D eigenvalue weighted by molar-refractivity contribution is 5.99. The number of aromatic nitrogens is 1. The number of pyridine rings is 1. The summed E-state index contributed by atoms with van der Waals surface area (Å²) in [4.78, 5) is 46.6. The molecule has 2 amide bonds. The molecule has 190 valence electrons. The summed E-state index contributed by atoms with van der Waals surface area (Å²) < 4.78 is 15.6. The second kappa shape index (κ2) is 8.44. The van der Waals surface area contributed by atoms with Crippen LogP contribution in [0.4, 0.5) is 4.39 Å². The van der Waals surface area contributed by atoms with E-state index in [0.29, 0.717) is 18.6 Å². The average molecular weight is 499 g/mol. The summed E-state index contributed by atoms with van der Waals surface area (Å²) in [5.74, 6) is -2.75. The number of carbonyl (C=O) groups excluding carboxylic acids is 2. The van der Waals surface area contributed by atoms with Gasteiger partial charge >= 0.3 is 0 Å². The van der Waals surface area contributed by atoms with Crippen LogP contribution in [0.5, 0.6) is 5.75 Å². The third-order valence-corrected chi connectivity index (χ3v) is 7.54. The number of hydrogen-bond donors (Lipinski definition) is 3. The number of nitrogens with one attached hydrogen (secondary N) is 1. The van der Waals surface area contributed by atoms with E-state index in [1.165, 1.54) is 27.8 Å². The van der Waals surface area contributed by atoms with E-state index in [9.17, 15) is 29.0 Å². The number of aryl methyl sites for hydroxylation is 1. The van der Waals surface area contributed by atoms with Crippen molar-refractivity contribution in [2.45, 2.75) is 63.9 Å². The lowest BCUT2D eigenvalue weighted by atomic mass is 9.82. The zero-order valence-electron chi connectivity index (χ0n) is 20.1. The maximum absolute atomic E-state index is 14.2. The van der Waals surface area contributed by atoms with Crippen LogP contribution in [0.1, 0.15) is 64.7 Å². The van der Waals surface area contributed by atoms with E-state index in [1.807, 2.05) is 6.92 Å². The second-order valence-electron chi connectivity index (χ2n) is 9.80. The van der Waals surface area contributed by atoms with Crippen molar-refractivity contribution in [2.75, 3.05) is 6.54 Å². The van der Waals surface area contributed by atoms with Gasteiger partial charge in [-0.1, -0.05) is 17.3 Å². The summed E-state index contributed by atoms with van der Waals surface area (Å²) in [7, 11) is 0. The van der Waals surface area contributed by atoms with Gasteiger partial charge in [0, 0.05) is 30.9 Å². The van der Waals surface area contributed by atoms with Crippen LogP contribution in [0.3, 0.4) is 0 Å². The van der Waals surface area contributed by atoms with Crippen LogP contribution in [-0.2, 0) is 11.4 Å². The van der Waals surface area contributed by atoms with E-state index in [2.05, 4.69) is 10.5 Å². The van der Waals surface area contributed by atoms with E-state index in [4.69, 9.17) is 4.84 Å². The molecule has 3 aliphatic heterocycles. The molecule has 4 heterocycles. The number of nitrogens with zero attached hydrogens (tertiary/aromatic N) is 3. The van der Waals surface area contributed by atoms with Gasteiger partial charge in [0.1, 0.15) is 17.5 Å².